The summed E-state index contributed by atoms with van der Waals surface area (Å²) in [5.74, 6) is 0.596. The maximum Gasteiger partial charge on any atom is 0.262 e. The fourth-order valence-electron chi connectivity index (χ4n) is 3.67. The van der Waals surface area contributed by atoms with Crippen molar-refractivity contribution in [2.45, 2.75) is 39.8 Å². The van der Waals surface area contributed by atoms with Crippen molar-refractivity contribution in [1.29, 1.82) is 5.26 Å². The minimum Gasteiger partial charge on any atom is -0.488 e. The molecule has 8 nitrogen and oxygen atoms in total. The van der Waals surface area contributed by atoms with Crippen LogP contribution in [0.25, 0.3) is 0 Å². The Morgan fingerprint density at radius 3 is 2.51 bits per heavy atom. The average molecular weight is 592 g/mol. The van der Waals surface area contributed by atoms with Crippen molar-refractivity contribution in [3.8, 4) is 17.6 Å². The predicted octanol–water partition coefficient (Wildman–Crippen LogP) is 5.27. The largest absolute Gasteiger partial charge is 0.488 e. The predicted molar refractivity (Wildman–Crippen MR) is 153 cm³/mol. The molecule has 0 aromatic heterocycles. The van der Waals surface area contributed by atoms with Gasteiger partial charge in [0.25, 0.3) is 11.8 Å². The van der Waals surface area contributed by atoms with Crippen LogP contribution in [0.3, 0.4) is 0 Å². The van der Waals surface area contributed by atoms with Gasteiger partial charge in [0.2, 0.25) is 0 Å². The first-order valence-electron chi connectivity index (χ1n) is 12.5. The summed E-state index contributed by atoms with van der Waals surface area (Å²) in [6, 6.07) is 21.5. The molecule has 202 valence electrons. The van der Waals surface area contributed by atoms with Crippen LogP contribution in [0.2, 0.25) is 0 Å². The fraction of sp³-hybridized carbons (Fsp3) is 0.267. The summed E-state index contributed by atoms with van der Waals surface area (Å²) in [6.07, 6.45) is 1.96. The number of aryl methyl sites for hydroxylation is 1. The first-order valence-corrected chi connectivity index (χ1v) is 13.3. The number of para-hydroxylation sites is 1. The highest BCUT2D eigenvalue weighted by Gasteiger charge is 2.22. The maximum atomic E-state index is 12.8. The molecule has 0 saturated heterocycles. The van der Waals surface area contributed by atoms with Crippen LogP contribution in [-0.2, 0) is 16.2 Å². The van der Waals surface area contributed by atoms with Crippen molar-refractivity contribution >= 4 is 34.0 Å². The highest BCUT2D eigenvalue weighted by molar-refractivity contribution is 9.10. The topological polar surface area (TPSA) is 113 Å². The van der Waals surface area contributed by atoms with Crippen LogP contribution in [0.5, 0.6) is 11.5 Å². The second-order valence-electron chi connectivity index (χ2n) is 9.29. The van der Waals surface area contributed by atoms with Gasteiger partial charge in [0, 0.05) is 5.56 Å². The molecule has 0 radical (unpaired) electrons. The van der Waals surface area contributed by atoms with E-state index >= 15 is 0 Å². The second-order valence-corrected chi connectivity index (χ2v) is 10.1. The van der Waals surface area contributed by atoms with Gasteiger partial charge in [-0.2, -0.15) is 10.4 Å². The molecule has 0 fully saturated rings. The number of hydrogen-bond donors (Lipinski definition) is 2. The number of nitrogens with one attached hydrogen (secondary N) is 2. The van der Waals surface area contributed by atoms with Gasteiger partial charge in [-0.1, -0.05) is 50.2 Å². The zero-order valence-electron chi connectivity index (χ0n) is 22.1. The minimum atomic E-state index is -0.756. The van der Waals surface area contributed by atoms with Crippen LogP contribution in [0, 0.1) is 24.2 Å². The molecule has 3 aromatic rings. The molecule has 1 atom stereocenters. The van der Waals surface area contributed by atoms with Crippen molar-refractivity contribution in [3.63, 3.8) is 0 Å². The number of hydrazone groups is 1. The maximum absolute atomic E-state index is 12.8. The number of carbonyl (C=O) groups excluding carboxylic acids is 2. The lowest BCUT2D eigenvalue weighted by Gasteiger charge is -2.19. The van der Waals surface area contributed by atoms with E-state index in [1.165, 1.54) is 6.21 Å². The number of hydrogen-bond acceptors (Lipinski definition) is 6. The molecule has 0 saturated carbocycles. The summed E-state index contributed by atoms with van der Waals surface area (Å²) in [7, 11) is 0. The molecule has 0 aliphatic rings. The van der Waals surface area contributed by atoms with E-state index < -0.39 is 11.9 Å². The summed E-state index contributed by atoms with van der Waals surface area (Å²) < 4.78 is 12.2. The lowest BCUT2D eigenvalue weighted by molar-refractivity contribution is -0.130. The third-order valence-electron chi connectivity index (χ3n) is 5.68. The highest BCUT2D eigenvalue weighted by Crippen LogP contribution is 2.26. The Bertz CT molecular complexity index is 1370. The molecule has 0 heterocycles. The van der Waals surface area contributed by atoms with Crippen LogP contribution in [0.1, 0.15) is 42.5 Å². The van der Waals surface area contributed by atoms with Gasteiger partial charge < -0.3 is 14.8 Å². The Balaban J connectivity index is 1.55. The Morgan fingerprint density at radius 2 is 1.79 bits per heavy atom. The van der Waals surface area contributed by atoms with Gasteiger partial charge in [-0.3, -0.25) is 9.59 Å². The SMILES string of the molecule is Cc1ccccc1OCC(=O)N[C@@H](CC(C)C)C(=O)N/N=C\c1ccc(OCc2ccccc2C#N)c(Br)c1. The molecule has 0 aliphatic carbocycles. The van der Waals surface area contributed by atoms with Crippen molar-refractivity contribution in [2.24, 2.45) is 11.0 Å². The van der Waals surface area contributed by atoms with Crippen molar-refractivity contribution in [1.82, 2.24) is 10.7 Å². The van der Waals surface area contributed by atoms with E-state index in [2.05, 4.69) is 37.8 Å². The monoisotopic (exact) mass is 590 g/mol. The zero-order chi connectivity index (χ0) is 28.2. The van der Waals surface area contributed by atoms with Gasteiger partial charge >= 0.3 is 0 Å². The molecule has 3 rings (SSSR count). The lowest BCUT2D eigenvalue weighted by Crippen LogP contribution is -2.47. The average Bonchev–Trinajstić information content (AvgIpc) is 2.91. The number of amides is 2. The van der Waals surface area contributed by atoms with E-state index in [4.69, 9.17) is 9.47 Å². The Hall–Kier alpha value is -4.16. The summed E-state index contributed by atoms with van der Waals surface area (Å²) in [6.45, 7) is 5.90. The first kappa shape index (κ1) is 29.4. The van der Waals surface area contributed by atoms with Crippen LogP contribution < -0.4 is 20.2 Å². The molecular weight excluding hydrogens is 560 g/mol. The summed E-state index contributed by atoms with van der Waals surface area (Å²) in [4.78, 5) is 25.3. The molecule has 2 amide bonds. The first-order chi connectivity index (χ1) is 18.8. The molecule has 0 bridgehead atoms. The van der Waals surface area contributed by atoms with Crippen LogP contribution >= 0.6 is 15.9 Å². The summed E-state index contributed by atoms with van der Waals surface area (Å²) in [5, 5.41) is 16.0. The van der Waals surface area contributed by atoms with E-state index in [1.807, 2.05) is 57.2 Å². The highest BCUT2D eigenvalue weighted by atomic mass is 79.9. The van der Waals surface area contributed by atoms with E-state index in [0.29, 0.717) is 28.0 Å². The minimum absolute atomic E-state index is 0.172. The normalized spacial score (nSPS) is 11.6. The Labute approximate surface area is 237 Å². The molecule has 0 unspecified atom stereocenters. The standard InChI is InChI=1S/C30H31BrN4O4/c1-20(2)14-26(34-29(36)19-39-27-11-7-4-8-21(27)3)30(37)35-33-17-22-12-13-28(25(31)15-22)38-18-24-10-6-5-9-23(24)16-32/h4-13,15,17,20,26H,14,18-19H2,1-3H3,(H,34,36)(H,35,37)/b33-17-/t26-/m0/s1. The van der Waals surface area contributed by atoms with Gasteiger partial charge in [0.15, 0.2) is 6.61 Å². The lowest BCUT2D eigenvalue weighted by atomic mass is 10.0. The van der Waals surface area contributed by atoms with Crippen molar-refractivity contribution in [2.75, 3.05) is 6.61 Å². The van der Waals surface area contributed by atoms with Crippen molar-refractivity contribution < 1.29 is 19.1 Å². The van der Waals surface area contributed by atoms with E-state index in [0.717, 1.165) is 16.7 Å². The third kappa shape index (κ3) is 9.27. The van der Waals surface area contributed by atoms with Gasteiger partial charge in [-0.05, 0) is 76.7 Å². The van der Waals surface area contributed by atoms with Gasteiger partial charge in [-0.25, -0.2) is 5.43 Å². The summed E-state index contributed by atoms with van der Waals surface area (Å²) >= 11 is 3.49. The number of carbonyl (C=O) groups is 2. The quantitative estimate of drug-likeness (QED) is 0.220. The molecule has 9 heteroatoms. The van der Waals surface area contributed by atoms with Gasteiger partial charge in [-0.15, -0.1) is 0 Å². The molecule has 3 aromatic carbocycles. The van der Waals surface area contributed by atoms with Crippen LogP contribution in [-0.4, -0.2) is 30.7 Å². The summed E-state index contributed by atoms with van der Waals surface area (Å²) in [5.41, 5.74) is 5.53. The number of rotatable bonds is 12. The Kier molecular flexibility index (Phi) is 11.1. The zero-order valence-corrected chi connectivity index (χ0v) is 23.7. The molecule has 0 aliphatic heterocycles. The third-order valence-corrected chi connectivity index (χ3v) is 6.30. The molecule has 39 heavy (non-hydrogen) atoms. The van der Waals surface area contributed by atoms with Gasteiger partial charge in [0.1, 0.15) is 24.1 Å². The smallest absolute Gasteiger partial charge is 0.262 e. The van der Waals surface area contributed by atoms with Crippen LogP contribution in [0.4, 0.5) is 0 Å². The molecule has 0 spiro atoms. The van der Waals surface area contributed by atoms with E-state index in [-0.39, 0.29) is 25.0 Å². The Morgan fingerprint density at radius 1 is 1.05 bits per heavy atom. The fourth-order valence-corrected chi connectivity index (χ4v) is 4.19. The number of benzene rings is 3. The van der Waals surface area contributed by atoms with E-state index in [1.54, 1.807) is 30.3 Å². The van der Waals surface area contributed by atoms with Crippen molar-refractivity contribution in [3.05, 3.63) is 93.5 Å². The van der Waals surface area contributed by atoms with Gasteiger partial charge in [0.05, 0.1) is 22.3 Å². The van der Waals surface area contributed by atoms with Crippen LogP contribution in [0.15, 0.2) is 76.3 Å². The number of nitrogens with zero attached hydrogens (tertiary/aromatic N) is 2. The molecule has 2 N–H and O–H groups in total. The van der Waals surface area contributed by atoms with E-state index in [9.17, 15) is 14.9 Å². The number of nitriles is 1. The number of ether oxygens (including phenoxy) is 2. The number of halogens is 1. The second kappa shape index (κ2) is 14.7. The molecular formula is C30H31BrN4O4.